The summed E-state index contributed by atoms with van der Waals surface area (Å²) in [6.45, 7) is 7.88. The molecule has 1 aromatic heterocycles. The van der Waals surface area contributed by atoms with Crippen molar-refractivity contribution >= 4 is 11.6 Å². The van der Waals surface area contributed by atoms with E-state index in [1.165, 1.54) is 28.2 Å². The zero-order chi connectivity index (χ0) is 20.2. The zero-order valence-corrected chi connectivity index (χ0v) is 17.3. The predicted molar refractivity (Wildman–Crippen MR) is 117 cm³/mol. The number of aryl methyl sites for hydroxylation is 2. The number of amides is 1. The smallest absolute Gasteiger partial charge is 0.254 e. The molecule has 2 aromatic carbocycles. The molecule has 4 heteroatoms. The summed E-state index contributed by atoms with van der Waals surface area (Å²) in [5, 5.41) is 3.87. The molecule has 29 heavy (non-hydrogen) atoms. The van der Waals surface area contributed by atoms with Crippen molar-refractivity contribution in [3.8, 4) is 5.69 Å². The molecule has 0 atom stereocenters. The van der Waals surface area contributed by atoms with E-state index < -0.39 is 0 Å². The van der Waals surface area contributed by atoms with Crippen molar-refractivity contribution in [1.82, 2.24) is 9.47 Å². The number of anilines is 1. The van der Waals surface area contributed by atoms with Crippen LogP contribution < -0.4 is 5.32 Å². The van der Waals surface area contributed by atoms with Gasteiger partial charge in [-0.2, -0.15) is 0 Å². The highest BCUT2D eigenvalue weighted by molar-refractivity contribution is 5.95. The Labute approximate surface area is 172 Å². The van der Waals surface area contributed by atoms with Gasteiger partial charge in [-0.25, -0.2) is 0 Å². The molecule has 0 radical (unpaired) electrons. The Kier molecular flexibility index (Phi) is 4.05. The minimum Gasteiger partial charge on any atom is -0.372 e. The number of aromatic nitrogens is 1. The summed E-state index contributed by atoms with van der Waals surface area (Å²) in [7, 11) is 0. The van der Waals surface area contributed by atoms with Gasteiger partial charge in [0.1, 0.15) is 0 Å². The van der Waals surface area contributed by atoms with E-state index in [-0.39, 0.29) is 11.4 Å². The largest absolute Gasteiger partial charge is 0.372 e. The fraction of sp³-hybridized carbons (Fsp3) is 0.320. The Balaban J connectivity index is 1.45. The van der Waals surface area contributed by atoms with Crippen LogP contribution in [0.3, 0.4) is 0 Å². The highest BCUT2D eigenvalue weighted by Gasteiger charge is 2.42. The lowest BCUT2D eigenvalue weighted by molar-refractivity contribution is 0.0675. The zero-order valence-electron chi connectivity index (χ0n) is 17.3. The van der Waals surface area contributed by atoms with Crippen molar-refractivity contribution in [2.45, 2.75) is 39.2 Å². The molecule has 0 unspecified atom stereocenters. The first-order valence-electron chi connectivity index (χ1n) is 10.4. The molecule has 3 aromatic rings. The molecule has 1 saturated heterocycles. The number of hydrogen-bond acceptors (Lipinski definition) is 2. The Morgan fingerprint density at radius 1 is 0.931 bits per heavy atom. The molecule has 2 aliphatic heterocycles. The normalized spacial score (nSPS) is 16.9. The fourth-order valence-electron chi connectivity index (χ4n) is 4.96. The third-order valence-electron chi connectivity index (χ3n) is 6.84. The van der Waals surface area contributed by atoms with E-state index in [1.54, 1.807) is 0 Å². The second-order valence-electron chi connectivity index (χ2n) is 8.48. The summed E-state index contributed by atoms with van der Waals surface area (Å²) in [6, 6.07) is 16.6. The molecule has 3 heterocycles. The quantitative estimate of drug-likeness (QED) is 0.643. The Morgan fingerprint density at radius 2 is 1.69 bits per heavy atom. The van der Waals surface area contributed by atoms with E-state index in [1.807, 2.05) is 36.1 Å². The monoisotopic (exact) mass is 385 g/mol. The van der Waals surface area contributed by atoms with Gasteiger partial charge in [-0.1, -0.05) is 24.3 Å². The third kappa shape index (κ3) is 2.70. The summed E-state index contributed by atoms with van der Waals surface area (Å²) in [6.07, 6.45) is 3.98. The number of nitrogens with one attached hydrogen (secondary N) is 1. The molecular formula is C25H27N3O. The van der Waals surface area contributed by atoms with E-state index in [0.29, 0.717) is 0 Å². The van der Waals surface area contributed by atoms with Crippen molar-refractivity contribution < 1.29 is 4.79 Å². The maximum atomic E-state index is 13.1. The van der Waals surface area contributed by atoms with Crippen molar-refractivity contribution in [3.05, 3.63) is 82.7 Å². The highest BCUT2D eigenvalue weighted by atomic mass is 16.2. The van der Waals surface area contributed by atoms with Gasteiger partial charge >= 0.3 is 0 Å². The van der Waals surface area contributed by atoms with Gasteiger partial charge in [-0.3, -0.25) is 4.79 Å². The molecule has 0 saturated carbocycles. The van der Waals surface area contributed by atoms with Crippen LogP contribution in [0.2, 0.25) is 0 Å². The topological polar surface area (TPSA) is 37.3 Å². The molecule has 148 valence electrons. The minimum atomic E-state index is -0.124. The SMILES string of the molecule is Cc1ccccc1C(=O)N1CCC2(CC1)Nc1ccc(C)c(C)c1-n1cccc12. The van der Waals surface area contributed by atoms with E-state index in [9.17, 15) is 4.79 Å². The van der Waals surface area contributed by atoms with E-state index in [4.69, 9.17) is 0 Å². The lowest BCUT2D eigenvalue weighted by Gasteiger charge is -2.46. The summed E-state index contributed by atoms with van der Waals surface area (Å²) in [4.78, 5) is 15.1. The molecular weight excluding hydrogens is 358 g/mol. The second-order valence-corrected chi connectivity index (χ2v) is 8.48. The highest BCUT2D eigenvalue weighted by Crippen LogP contribution is 2.44. The van der Waals surface area contributed by atoms with Gasteiger partial charge in [0.25, 0.3) is 5.91 Å². The summed E-state index contributed by atoms with van der Waals surface area (Å²) in [5.41, 5.74) is 8.11. The first-order chi connectivity index (χ1) is 14.0. The maximum absolute atomic E-state index is 13.1. The lowest BCUT2D eigenvalue weighted by Crippen LogP contribution is -2.51. The van der Waals surface area contributed by atoms with Crippen LogP contribution in [0.15, 0.2) is 54.7 Å². The Hall–Kier alpha value is -3.01. The summed E-state index contributed by atoms with van der Waals surface area (Å²) < 4.78 is 2.35. The van der Waals surface area contributed by atoms with E-state index >= 15 is 0 Å². The number of rotatable bonds is 1. The van der Waals surface area contributed by atoms with Crippen LogP contribution in [0.1, 0.15) is 45.6 Å². The number of benzene rings is 2. The first kappa shape index (κ1) is 18.0. The molecule has 0 bridgehead atoms. The van der Waals surface area contributed by atoms with Gasteiger partial charge in [0.05, 0.1) is 16.9 Å². The number of nitrogens with zero attached hydrogens (tertiary/aromatic N) is 2. The lowest BCUT2D eigenvalue weighted by atomic mass is 9.81. The maximum Gasteiger partial charge on any atom is 0.254 e. The number of piperidine rings is 1. The van der Waals surface area contributed by atoms with Crippen molar-refractivity contribution in [3.63, 3.8) is 0 Å². The van der Waals surface area contributed by atoms with Crippen LogP contribution in [0.5, 0.6) is 0 Å². The predicted octanol–water partition coefficient (Wildman–Crippen LogP) is 4.96. The number of carbonyl (C=O) groups is 1. The van der Waals surface area contributed by atoms with Gasteiger partial charge in [-0.05, 0) is 74.6 Å². The van der Waals surface area contributed by atoms with Gasteiger partial charge in [0.15, 0.2) is 0 Å². The molecule has 0 aliphatic carbocycles. The molecule has 1 spiro atoms. The van der Waals surface area contributed by atoms with Crippen molar-refractivity contribution in [2.24, 2.45) is 0 Å². The minimum absolute atomic E-state index is 0.124. The molecule has 1 N–H and O–H groups in total. The second kappa shape index (κ2) is 6.51. The summed E-state index contributed by atoms with van der Waals surface area (Å²) in [5.74, 6) is 0.149. The third-order valence-corrected chi connectivity index (χ3v) is 6.84. The van der Waals surface area contributed by atoms with Crippen LogP contribution >= 0.6 is 0 Å². The van der Waals surface area contributed by atoms with Gasteiger partial charge in [0, 0.05) is 30.5 Å². The van der Waals surface area contributed by atoms with Crippen LogP contribution in [0.4, 0.5) is 5.69 Å². The number of likely N-dealkylation sites (tertiary alicyclic amines) is 1. The van der Waals surface area contributed by atoms with E-state index in [2.05, 4.69) is 54.2 Å². The average molecular weight is 386 g/mol. The Bertz CT molecular complexity index is 1100. The fourth-order valence-corrected chi connectivity index (χ4v) is 4.96. The van der Waals surface area contributed by atoms with Crippen molar-refractivity contribution in [2.75, 3.05) is 18.4 Å². The molecule has 4 nitrogen and oxygen atoms in total. The van der Waals surface area contributed by atoms with Gasteiger partial charge < -0.3 is 14.8 Å². The van der Waals surface area contributed by atoms with Crippen LogP contribution in [-0.4, -0.2) is 28.5 Å². The van der Waals surface area contributed by atoms with Crippen LogP contribution in [0, 0.1) is 20.8 Å². The standard InChI is InChI=1S/C25H27N3O/c1-17-10-11-21-23(19(17)3)28-14-6-9-22(28)25(26-21)12-15-27(16-13-25)24(29)20-8-5-4-7-18(20)2/h4-11,14,26H,12-13,15-16H2,1-3H3. The number of fused-ring (bicyclic) bond motifs is 4. The number of hydrogen-bond donors (Lipinski definition) is 1. The molecule has 1 fully saturated rings. The van der Waals surface area contributed by atoms with Crippen LogP contribution in [-0.2, 0) is 5.54 Å². The average Bonchev–Trinajstić information content (AvgIpc) is 3.22. The van der Waals surface area contributed by atoms with Crippen molar-refractivity contribution in [1.29, 1.82) is 0 Å². The first-order valence-corrected chi connectivity index (χ1v) is 10.4. The van der Waals surface area contributed by atoms with Gasteiger partial charge in [0.2, 0.25) is 0 Å². The molecule has 5 rings (SSSR count). The van der Waals surface area contributed by atoms with Crippen LogP contribution in [0.25, 0.3) is 5.69 Å². The molecule has 1 amide bonds. The molecule has 2 aliphatic rings. The van der Waals surface area contributed by atoms with Gasteiger partial charge in [-0.15, -0.1) is 0 Å². The number of carbonyl (C=O) groups excluding carboxylic acids is 1. The van der Waals surface area contributed by atoms with E-state index in [0.717, 1.165) is 37.1 Å². The summed E-state index contributed by atoms with van der Waals surface area (Å²) >= 11 is 0. The Morgan fingerprint density at radius 3 is 2.45 bits per heavy atom.